The molecule has 0 spiro atoms. The number of nitrogens with zero attached hydrogens (tertiary/aromatic N) is 1. The number of aliphatic carboxylic acids is 1. The maximum absolute atomic E-state index is 11.9. The highest BCUT2D eigenvalue weighted by Crippen LogP contribution is 2.34. The molecule has 0 aromatic heterocycles. The quantitative estimate of drug-likeness (QED) is 0.698. The Morgan fingerprint density at radius 2 is 2.05 bits per heavy atom. The molecule has 1 fully saturated rings. The highest BCUT2D eigenvalue weighted by atomic mass is 16.5. The molecule has 6 heteroatoms. The second-order valence-corrected chi connectivity index (χ2v) is 5.33. The molecule has 1 rings (SSSR count). The van der Waals surface area contributed by atoms with E-state index in [0.717, 1.165) is 12.8 Å². The average Bonchev–Trinajstić information content (AvgIpc) is 3.10. The number of amides is 2. The van der Waals surface area contributed by atoms with E-state index in [0.29, 0.717) is 19.1 Å². The Morgan fingerprint density at radius 3 is 2.53 bits per heavy atom. The number of carboxylic acid groups (broad SMARTS) is 1. The number of urea groups is 1. The molecule has 0 heterocycles. The van der Waals surface area contributed by atoms with Crippen molar-refractivity contribution in [2.45, 2.75) is 45.3 Å². The molecule has 110 valence electrons. The number of nitrogens with one attached hydrogen (secondary N) is 1. The summed E-state index contributed by atoms with van der Waals surface area (Å²) < 4.78 is 5.38. The molecule has 0 saturated heterocycles. The highest BCUT2D eigenvalue weighted by molar-refractivity contribution is 5.75. The van der Waals surface area contributed by atoms with Crippen molar-refractivity contribution in [2.24, 2.45) is 5.92 Å². The van der Waals surface area contributed by atoms with Gasteiger partial charge in [0.25, 0.3) is 0 Å². The third-order valence-corrected chi connectivity index (χ3v) is 3.12. The van der Waals surface area contributed by atoms with Gasteiger partial charge in [0.15, 0.2) is 0 Å². The molecule has 0 bridgehead atoms. The Balaban J connectivity index is 2.32. The molecule has 1 atom stereocenters. The van der Waals surface area contributed by atoms with Crippen molar-refractivity contribution in [2.75, 3.05) is 20.2 Å². The van der Waals surface area contributed by atoms with Crippen molar-refractivity contribution in [3.05, 3.63) is 0 Å². The first-order chi connectivity index (χ1) is 8.90. The second kappa shape index (κ2) is 7.33. The van der Waals surface area contributed by atoms with Gasteiger partial charge in [0.05, 0.1) is 19.1 Å². The molecule has 6 nitrogen and oxygen atoms in total. The van der Waals surface area contributed by atoms with Gasteiger partial charge in [0.2, 0.25) is 0 Å². The van der Waals surface area contributed by atoms with Crippen LogP contribution in [0.4, 0.5) is 4.79 Å². The van der Waals surface area contributed by atoms with Crippen LogP contribution in [0, 0.1) is 5.92 Å². The maximum Gasteiger partial charge on any atom is 0.317 e. The van der Waals surface area contributed by atoms with Crippen LogP contribution >= 0.6 is 0 Å². The summed E-state index contributed by atoms with van der Waals surface area (Å²) in [6.45, 7) is 4.86. The Labute approximate surface area is 114 Å². The van der Waals surface area contributed by atoms with E-state index in [1.807, 2.05) is 13.8 Å². The maximum atomic E-state index is 11.9. The normalized spacial score (nSPS) is 16.2. The van der Waals surface area contributed by atoms with Gasteiger partial charge in [0.1, 0.15) is 0 Å². The molecular weight excluding hydrogens is 248 g/mol. The predicted octanol–water partition coefficient (Wildman–Crippen LogP) is 1.31. The Hall–Kier alpha value is -1.30. The largest absolute Gasteiger partial charge is 0.481 e. The summed E-state index contributed by atoms with van der Waals surface area (Å²) >= 11 is 0. The third-order valence-electron chi connectivity index (χ3n) is 3.12. The number of rotatable bonds is 8. The fourth-order valence-corrected chi connectivity index (χ4v) is 1.82. The van der Waals surface area contributed by atoms with Crippen LogP contribution in [0.25, 0.3) is 0 Å². The SMILES string of the molecule is CC(C)OCCN(C)C(=O)NC(CC(=O)O)C1CC1. The molecule has 0 aliphatic heterocycles. The zero-order chi connectivity index (χ0) is 14.4. The van der Waals surface area contributed by atoms with Crippen molar-refractivity contribution in [1.82, 2.24) is 10.2 Å². The van der Waals surface area contributed by atoms with Crippen LogP contribution in [0.1, 0.15) is 33.1 Å². The molecule has 19 heavy (non-hydrogen) atoms. The van der Waals surface area contributed by atoms with Gasteiger partial charge in [0, 0.05) is 19.6 Å². The summed E-state index contributed by atoms with van der Waals surface area (Å²) in [4.78, 5) is 24.2. The summed E-state index contributed by atoms with van der Waals surface area (Å²) in [6, 6.07) is -0.482. The Bertz CT molecular complexity index is 316. The van der Waals surface area contributed by atoms with Crippen LogP contribution in [0.5, 0.6) is 0 Å². The highest BCUT2D eigenvalue weighted by Gasteiger charge is 2.34. The Kier molecular flexibility index (Phi) is 6.08. The topological polar surface area (TPSA) is 78.9 Å². The van der Waals surface area contributed by atoms with Gasteiger partial charge in [-0.1, -0.05) is 0 Å². The minimum Gasteiger partial charge on any atom is -0.481 e. The monoisotopic (exact) mass is 272 g/mol. The van der Waals surface area contributed by atoms with E-state index >= 15 is 0 Å². The van der Waals surface area contributed by atoms with Crippen LogP contribution in [0.2, 0.25) is 0 Å². The smallest absolute Gasteiger partial charge is 0.317 e. The van der Waals surface area contributed by atoms with E-state index in [2.05, 4.69) is 5.32 Å². The minimum atomic E-state index is -0.872. The van der Waals surface area contributed by atoms with Gasteiger partial charge in [-0.2, -0.15) is 0 Å². The molecule has 1 unspecified atom stereocenters. The number of hydrogen-bond donors (Lipinski definition) is 2. The van der Waals surface area contributed by atoms with E-state index in [4.69, 9.17) is 9.84 Å². The minimum absolute atomic E-state index is 0.00720. The standard InChI is InChI=1S/C13H24N2O4/c1-9(2)19-7-6-15(3)13(18)14-11(8-12(16)17)10-4-5-10/h9-11H,4-8H2,1-3H3,(H,14,18)(H,16,17). The predicted molar refractivity (Wildman–Crippen MR) is 71.0 cm³/mol. The molecule has 2 amide bonds. The van der Waals surface area contributed by atoms with E-state index in [9.17, 15) is 9.59 Å². The summed E-state index contributed by atoms with van der Waals surface area (Å²) in [5.74, 6) is -0.552. The van der Waals surface area contributed by atoms with Crippen LogP contribution in [0.15, 0.2) is 0 Å². The molecule has 1 aliphatic carbocycles. The zero-order valence-corrected chi connectivity index (χ0v) is 11.9. The summed E-state index contributed by atoms with van der Waals surface area (Å²) in [7, 11) is 1.68. The van der Waals surface area contributed by atoms with Crippen LogP contribution < -0.4 is 5.32 Å². The van der Waals surface area contributed by atoms with Crippen molar-refractivity contribution in [3.63, 3.8) is 0 Å². The van der Waals surface area contributed by atoms with Crippen LogP contribution in [-0.4, -0.2) is 54.4 Å². The van der Waals surface area contributed by atoms with Gasteiger partial charge < -0.3 is 20.1 Å². The first kappa shape index (κ1) is 15.8. The average molecular weight is 272 g/mol. The first-order valence-corrected chi connectivity index (χ1v) is 6.75. The molecule has 0 aromatic carbocycles. The lowest BCUT2D eigenvalue weighted by Gasteiger charge is -2.23. The number of hydrogen-bond acceptors (Lipinski definition) is 3. The number of likely N-dealkylation sites (N-methyl/N-ethyl adjacent to an activating group) is 1. The number of ether oxygens (including phenoxy) is 1. The van der Waals surface area contributed by atoms with Gasteiger partial charge in [-0.3, -0.25) is 4.79 Å². The van der Waals surface area contributed by atoms with E-state index < -0.39 is 5.97 Å². The third kappa shape index (κ3) is 6.42. The zero-order valence-electron chi connectivity index (χ0n) is 11.9. The van der Waals surface area contributed by atoms with Crippen molar-refractivity contribution in [3.8, 4) is 0 Å². The molecule has 1 aliphatic rings. The van der Waals surface area contributed by atoms with E-state index in [-0.39, 0.29) is 24.6 Å². The van der Waals surface area contributed by atoms with Gasteiger partial charge in [-0.05, 0) is 32.6 Å². The molecule has 0 aromatic rings. The molecular formula is C13H24N2O4. The molecule has 2 N–H and O–H groups in total. The van der Waals surface area contributed by atoms with Crippen molar-refractivity contribution >= 4 is 12.0 Å². The second-order valence-electron chi connectivity index (χ2n) is 5.33. The molecule has 0 radical (unpaired) electrons. The van der Waals surface area contributed by atoms with E-state index in [1.165, 1.54) is 4.90 Å². The lowest BCUT2D eigenvalue weighted by Crippen LogP contribution is -2.45. The molecule has 1 saturated carbocycles. The lowest BCUT2D eigenvalue weighted by molar-refractivity contribution is -0.137. The fraction of sp³-hybridized carbons (Fsp3) is 0.846. The van der Waals surface area contributed by atoms with Crippen molar-refractivity contribution < 1.29 is 19.4 Å². The number of carbonyl (C=O) groups is 2. The lowest BCUT2D eigenvalue weighted by atomic mass is 10.1. The summed E-state index contributed by atoms with van der Waals surface area (Å²) in [5.41, 5.74) is 0. The van der Waals surface area contributed by atoms with E-state index in [1.54, 1.807) is 7.05 Å². The summed E-state index contributed by atoms with van der Waals surface area (Å²) in [6.07, 6.45) is 2.13. The van der Waals surface area contributed by atoms with Crippen LogP contribution in [0.3, 0.4) is 0 Å². The van der Waals surface area contributed by atoms with Gasteiger partial charge in [-0.15, -0.1) is 0 Å². The number of carbonyl (C=O) groups excluding carboxylic acids is 1. The van der Waals surface area contributed by atoms with Gasteiger partial charge in [-0.25, -0.2) is 4.79 Å². The van der Waals surface area contributed by atoms with Crippen LogP contribution in [-0.2, 0) is 9.53 Å². The first-order valence-electron chi connectivity index (χ1n) is 6.75. The summed E-state index contributed by atoms with van der Waals surface area (Å²) in [5, 5.41) is 11.6. The fourth-order valence-electron chi connectivity index (χ4n) is 1.82. The number of carboxylic acids is 1. The van der Waals surface area contributed by atoms with Gasteiger partial charge >= 0.3 is 12.0 Å². The Morgan fingerprint density at radius 1 is 1.42 bits per heavy atom. The van der Waals surface area contributed by atoms with Crippen molar-refractivity contribution in [1.29, 1.82) is 0 Å².